The molecule has 0 fully saturated rings. The monoisotopic (exact) mass is 323 g/mol. The minimum atomic E-state index is -0.607. The molecular formula is C18H21N5O. The lowest BCUT2D eigenvalue weighted by Gasteiger charge is -2.13. The van der Waals surface area contributed by atoms with E-state index in [1.54, 1.807) is 17.1 Å². The Hall–Kier alpha value is -2.73. The molecule has 3 rings (SSSR count). The lowest BCUT2D eigenvalue weighted by molar-refractivity contribution is 0.191. The molecule has 0 saturated heterocycles. The van der Waals surface area contributed by atoms with Gasteiger partial charge in [-0.3, -0.25) is 4.98 Å². The van der Waals surface area contributed by atoms with Gasteiger partial charge in [0.05, 0.1) is 24.2 Å². The molecule has 6 nitrogen and oxygen atoms in total. The Balaban J connectivity index is 1.72. The molecule has 0 aliphatic rings. The van der Waals surface area contributed by atoms with Crippen LogP contribution in [-0.2, 0) is 0 Å². The summed E-state index contributed by atoms with van der Waals surface area (Å²) < 4.78 is 1.75. The molecule has 0 bridgehead atoms. The number of benzene rings is 1. The van der Waals surface area contributed by atoms with E-state index in [2.05, 4.69) is 20.4 Å². The van der Waals surface area contributed by atoms with Crippen LogP contribution in [0, 0.1) is 20.8 Å². The van der Waals surface area contributed by atoms with E-state index >= 15 is 0 Å². The Morgan fingerprint density at radius 3 is 2.71 bits per heavy atom. The van der Waals surface area contributed by atoms with Crippen LogP contribution in [0.2, 0.25) is 0 Å². The largest absolute Gasteiger partial charge is 0.387 e. The maximum Gasteiger partial charge on any atom is 0.174 e. The van der Waals surface area contributed by atoms with Crippen molar-refractivity contribution in [1.29, 1.82) is 0 Å². The molecule has 2 heterocycles. The van der Waals surface area contributed by atoms with E-state index in [-0.39, 0.29) is 0 Å². The van der Waals surface area contributed by atoms with E-state index in [1.807, 2.05) is 51.1 Å². The second-order valence-corrected chi connectivity index (χ2v) is 5.91. The van der Waals surface area contributed by atoms with Gasteiger partial charge in [-0.25, -0.2) is 9.67 Å². The van der Waals surface area contributed by atoms with E-state index in [4.69, 9.17) is 0 Å². The number of aliphatic hydroxyl groups excluding tert-OH is 1. The molecular weight excluding hydrogens is 302 g/mol. The first-order valence-corrected chi connectivity index (χ1v) is 7.87. The summed E-state index contributed by atoms with van der Waals surface area (Å²) in [5.74, 6) is 1.25. The van der Waals surface area contributed by atoms with Crippen LogP contribution in [0.1, 0.15) is 28.6 Å². The van der Waals surface area contributed by atoms with Crippen molar-refractivity contribution in [3.63, 3.8) is 0 Å². The normalized spacial score (nSPS) is 12.2. The number of anilines is 1. The van der Waals surface area contributed by atoms with Gasteiger partial charge < -0.3 is 10.4 Å². The molecule has 0 amide bonds. The topological polar surface area (TPSA) is 75.9 Å². The quantitative estimate of drug-likeness (QED) is 0.755. The second-order valence-electron chi connectivity index (χ2n) is 5.91. The summed E-state index contributed by atoms with van der Waals surface area (Å²) in [5, 5.41) is 17.9. The van der Waals surface area contributed by atoms with Crippen molar-refractivity contribution in [2.75, 3.05) is 11.9 Å². The van der Waals surface area contributed by atoms with Gasteiger partial charge in [0.25, 0.3) is 0 Å². The predicted octanol–water partition coefficient (Wildman–Crippen LogP) is 2.73. The standard InChI is InChI=1S/C18H21N5O/c1-12-5-4-6-15(7-12)16(24)9-20-17-10-19-11-18(21-17)23-14(3)8-13(2)22-23/h4-8,10-11,16,24H,9H2,1-3H3,(H,20,21). The van der Waals surface area contributed by atoms with Gasteiger partial charge in [0.1, 0.15) is 5.82 Å². The number of hydrogen-bond donors (Lipinski definition) is 2. The molecule has 3 aromatic rings. The van der Waals surface area contributed by atoms with Crippen LogP contribution in [0.5, 0.6) is 0 Å². The lowest BCUT2D eigenvalue weighted by atomic mass is 10.1. The Kier molecular flexibility index (Phi) is 4.57. The highest BCUT2D eigenvalue weighted by atomic mass is 16.3. The summed E-state index contributed by atoms with van der Waals surface area (Å²) in [6.45, 7) is 6.28. The van der Waals surface area contributed by atoms with Crippen LogP contribution in [0.25, 0.3) is 5.82 Å². The first-order valence-electron chi connectivity index (χ1n) is 7.87. The molecule has 1 unspecified atom stereocenters. The fourth-order valence-electron chi connectivity index (χ4n) is 2.60. The summed E-state index contributed by atoms with van der Waals surface area (Å²) in [4.78, 5) is 8.72. The first-order chi connectivity index (χ1) is 11.5. The van der Waals surface area contributed by atoms with Gasteiger partial charge in [-0.15, -0.1) is 0 Å². The molecule has 1 atom stereocenters. The van der Waals surface area contributed by atoms with Crippen LogP contribution >= 0.6 is 0 Å². The maximum absolute atomic E-state index is 10.3. The number of hydrogen-bond acceptors (Lipinski definition) is 5. The zero-order valence-electron chi connectivity index (χ0n) is 14.1. The number of nitrogens with one attached hydrogen (secondary N) is 1. The summed E-state index contributed by atoms with van der Waals surface area (Å²) in [6.07, 6.45) is 2.70. The molecule has 24 heavy (non-hydrogen) atoms. The number of aryl methyl sites for hydroxylation is 3. The number of aliphatic hydroxyl groups is 1. The zero-order chi connectivity index (χ0) is 17.1. The van der Waals surface area contributed by atoms with Crippen molar-refractivity contribution in [3.05, 3.63) is 65.2 Å². The zero-order valence-corrected chi connectivity index (χ0v) is 14.1. The molecule has 0 spiro atoms. The molecule has 124 valence electrons. The molecule has 6 heteroatoms. The van der Waals surface area contributed by atoms with Crippen molar-refractivity contribution in [2.24, 2.45) is 0 Å². The summed E-state index contributed by atoms with van der Waals surface area (Å²) >= 11 is 0. The highest BCUT2D eigenvalue weighted by molar-refractivity contribution is 5.37. The Bertz CT molecular complexity index is 843. The minimum Gasteiger partial charge on any atom is -0.387 e. The smallest absolute Gasteiger partial charge is 0.174 e. The van der Waals surface area contributed by atoms with Crippen LogP contribution in [-0.4, -0.2) is 31.4 Å². The second kappa shape index (κ2) is 6.80. The third-order valence-electron chi connectivity index (χ3n) is 3.75. The van der Waals surface area contributed by atoms with E-state index < -0.39 is 6.10 Å². The van der Waals surface area contributed by atoms with Gasteiger partial charge in [0.2, 0.25) is 0 Å². The fourth-order valence-corrected chi connectivity index (χ4v) is 2.60. The molecule has 0 radical (unpaired) electrons. The van der Waals surface area contributed by atoms with Gasteiger partial charge in [0.15, 0.2) is 5.82 Å². The molecule has 0 aliphatic heterocycles. The van der Waals surface area contributed by atoms with Crippen molar-refractivity contribution in [2.45, 2.75) is 26.9 Å². The van der Waals surface area contributed by atoms with Crippen molar-refractivity contribution in [1.82, 2.24) is 19.7 Å². The summed E-state index contributed by atoms with van der Waals surface area (Å²) in [6, 6.07) is 9.83. The van der Waals surface area contributed by atoms with Crippen molar-refractivity contribution in [3.8, 4) is 5.82 Å². The minimum absolute atomic E-state index is 0.360. The third-order valence-corrected chi connectivity index (χ3v) is 3.75. The molecule has 2 aromatic heterocycles. The van der Waals surface area contributed by atoms with Gasteiger partial charge in [-0.1, -0.05) is 29.8 Å². The van der Waals surface area contributed by atoms with Gasteiger partial charge in [-0.05, 0) is 32.4 Å². The van der Waals surface area contributed by atoms with E-state index in [0.29, 0.717) is 18.2 Å². The average Bonchev–Trinajstić information content (AvgIpc) is 2.91. The Morgan fingerprint density at radius 2 is 2.00 bits per heavy atom. The first kappa shape index (κ1) is 16.1. The number of aromatic nitrogens is 4. The van der Waals surface area contributed by atoms with E-state index in [9.17, 15) is 5.11 Å². The highest BCUT2D eigenvalue weighted by Crippen LogP contribution is 2.16. The third kappa shape index (κ3) is 3.60. The predicted molar refractivity (Wildman–Crippen MR) is 93.3 cm³/mol. The lowest BCUT2D eigenvalue weighted by Crippen LogP contribution is -2.14. The number of rotatable bonds is 5. The number of nitrogens with zero attached hydrogens (tertiary/aromatic N) is 4. The van der Waals surface area contributed by atoms with E-state index in [0.717, 1.165) is 22.5 Å². The Labute approximate surface area is 141 Å². The van der Waals surface area contributed by atoms with E-state index in [1.165, 1.54) is 0 Å². The molecule has 0 aliphatic carbocycles. The Morgan fingerprint density at radius 1 is 1.17 bits per heavy atom. The van der Waals surface area contributed by atoms with Gasteiger partial charge in [0, 0.05) is 12.2 Å². The van der Waals surface area contributed by atoms with Crippen LogP contribution in [0.4, 0.5) is 5.82 Å². The highest BCUT2D eigenvalue weighted by Gasteiger charge is 2.10. The summed E-state index contributed by atoms with van der Waals surface area (Å²) in [5.41, 5.74) is 3.93. The van der Waals surface area contributed by atoms with Crippen LogP contribution < -0.4 is 5.32 Å². The van der Waals surface area contributed by atoms with Crippen LogP contribution in [0.15, 0.2) is 42.7 Å². The van der Waals surface area contributed by atoms with Crippen molar-refractivity contribution >= 4 is 5.82 Å². The van der Waals surface area contributed by atoms with Crippen LogP contribution in [0.3, 0.4) is 0 Å². The molecule has 0 saturated carbocycles. The average molecular weight is 323 g/mol. The fraction of sp³-hybridized carbons (Fsp3) is 0.278. The summed E-state index contributed by atoms with van der Waals surface area (Å²) in [7, 11) is 0. The SMILES string of the molecule is Cc1cccc(C(O)CNc2cncc(-n3nc(C)cc3C)n2)c1. The molecule has 2 N–H and O–H groups in total. The maximum atomic E-state index is 10.3. The van der Waals surface area contributed by atoms with Crippen molar-refractivity contribution < 1.29 is 5.11 Å². The van der Waals surface area contributed by atoms with Gasteiger partial charge >= 0.3 is 0 Å². The van der Waals surface area contributed by atoms with Gasteiger partial charge in [-0.2, -0.15) is 5.10 Å². The molecule has 1 aromatic carbocycles.